The molecule has 8 heteroatoms. The highest BCUT2D eigenvalue weighted by Gasteiger charge is 2.08. The first-order valence-corrected chi connectivity index (χ1v) is 8.94. The zero-order valence-corrected chi connectivity index (χ0v) is 16.0. The van der Waals surface area contributed by atoms with Gasteiger partial charge in [0.25, 0.3) is 0 Å². The maximum Gasteiger partial charge on any atom is 0.246 e. The van der Waals surface area contributed by atoms with E-state index in [-0.39, 0.29) is 24.0 Å². The molecular formula is C20H25FN4O3. The van der Waals surface area contributed by atoms with Crippen molar-refractivity contribution in [1.82, 2.24) is 10.2 Å². The largest absolute Gasteiger partial charge is 0.508 e. The van der Waals surface area contributed by atoms with E-state index in [9.17, 15) is 14.3 Å². The quantitative estimate of drug-likeness (QED) is 0.367. The van der Waals surface area contributed by atoms with Crippen LogP contribution >= 0.6 is 0 Å². The van der Waals surface area contributed by atoms with Gasteiger partial charge in [-0.05, 0) is 55.5 Å². The van der Waals surface area contributed by atoms with E-state index in [0.29, 0.717) is 37.1 Å². The first-order valence-electron chi connectivity index (χ1n) is 8.94. The number of carbonyl (C=O) groups is 1. The summed E-state index contributed by atoms with van der Waals surface area (Å²) in [5, 5.41) is 15.1. The average molecular weight is 388 g/mol. The van der Waals surface area contributed by atoms with Crippen LogP contribution in [0.2, 0.25) is 0 Å². The van der Waals surface area contributed by atoms with Gasteiger partial charge in [0.15, 0.2) is 5.96 Å². The third-order valence-corrected chi connectivity index (χ3v) is 3.73. The van der Waals surface area contributed by atoms with E-state index >= 15 is 0 Å². The fraction of sp³-hybridized carbons (Fsp3) is 0.300. The van der Waals surface area contributed by atoms with Crippen molar-refractivity contribution in [2.45, 2.75) is 6.92 Å². The summed E-state index contributed by atoms with van der Waals surface area (Å²) in [7, 11) is 1.84. The molecule has 2 aromatic rings. The summed E-state index contributed by atoms with van der Waals surface area (Å²) in [6.45, 7) is 3.46. The fourth-order valence-electron chi connectivity index (χ4n) is 2.30. The number of amides is 1. The second-order valence-corrected chi connectivity index (χ2v) is 5.99. The van der Waals surface area contributed by atoms with Crippen molar-refractivity contribution in [3.05, 3.63) is 54.3 Å². The highest BCUT2D eigenvalue weighted by atomic mass is 19.1. The minimum absolute atomic E-state index is 0.0492. The summed E-state index contributed by atoms with van der Waals surface area (Å²) in [4.78, 5) is 18.3. The maximum atomic E-state index is 12.9. The van der Waals surface area contributed by atoms with Crippen molar-refractivity contribution >= 4 is 17.6 Å². The van der Waals surface area contributed by atoms with Crippen LogP contribution in [-0.4, -0.2) is 55.2 Å². The highest BCUT2D eigenvalue weighted by molar-refractivity contribution is 5.94. The number of phenolic OH excluding ortho intramolecular Hbond substituents is 1. The fourth-order valence-corrected chi connectivity index (χ4v) is 2.30. The van der Waals surface area contributed by atoms with Crippen LogP contribution < -0.4 is 15.4 Å². The van der Waals surface area contributed by atoms with Crippen molar-refractivity contribution in [1.29, 1.82) is 0 Å². The molecule has 2 aromatic carbocycles. The molecule has 0 aliphatic rings. The van der Waals surface area contributed by atoms with Gasteiger partial charge in [-0.3, -0.25) is 4.79 Å². The van der Waals surface area contributed by atoms with Gasteiger partial charge in [-0.2, -0.15) is 0 Å². The molecule has 28 heavy (non-hydrogen) atoms. The summed E-state index contributed by atoms with van der Waals surface area (Å²) in [5.74, 6) is 0.722. The van der Waals surface area contributed by atoms with Gasteiger partial charge in [0.05, 0.1) is 6.54 Å². The Kier molecular flexibility index (Phi) is 8.08. The molecule has 1 amide bonds. The topological polar surface area (TPSA) is 86.2 Å². The van der Waals surface area contributed by atoms with Gasteiger partial charge >= 0.3 is 0 Å². The second-order valence-electron chi connectivity index (χ2n) is 5.99. The van der Waals surface area contributed by atoms with Gasteiger partial charge < -0.3 is 25.4 Å². The van der Waals surface area contributed by atoms with Gasteiger partial charge in [0.2, 0.25) is 5.91 Å². The summed E-state index contributed by atoms with van der Waals surface area (Å²) in [6.07, 6.45) is 0. The number of nitrogens with one attached hydrogen (secondary N) is 2. The molecule has 0 saturated heterocycles. The second kappa shape index (κ2) is 10.8. The molecule has 0 unspecified atom stereocenters. The molecular weight excluding hydrogens is 363 g/mol. The third-order valence-electron chi connectivity index (χ3n) is 3.73. The van der Waals surface area contributed by atoms with Gasteiger partial charge in [0.1, 0.15) is 30.5 Å². The Morgan fingerprint density at radius 1 is 1.18 bits per heavy atom. The average Bonchev–Trinajstić information content (AvgIpc) is 2.68. The van der Waals surface area contributed by atoms with Gasteiger partial charge in [-0.1, -0.05) is 0 Å². The number of ether oxygens (including phenoxy) is 1. The lowest BCUT2D eigenvalue weighted by molar-refractivity contribution is -0.114. The van der Waals surface area contributed by atoms with Crippen molar-refractivity contribution in [2.24, 2.45) is 4.99 Å². The third kappa shape index (κ3) is 7.14. The normalized spacial score (nSPS) is 11.0. The lowest BCUT2D eigenvalue weighted by atomic mass is 10.3. The van der Waals surface area contributed by atoms with E-state index in [0.717, 1.165) is 0 Å². The number of guanidine groups is 1. The van der Waals surface area contributed by atoms with E-state index in [4.69, 9.17) is 4.74 Å². The number of aromatic hydroxyl groups is 1. The number of hydrogen-bond donors (Lipinski definition) is 3. The summed E-state index contributed by atoms with van der Waals surface area (Å²) in [5.41, 5.74) is 0.587. The molecule has 0 bridgehead atoms. The Balaban J connectivity index is 1.84. The van der Waals surface area contributed by atoms with Crippen LogP contribution in [0.3, 0.4) is 0 Å². The van der Waals surface area contributed by atoms with Gasteiger partial charge in [0, 0.05) is 19.3 Å². The van der Waals surface area contributed by atoms with E-state index in [2.05, 4.69) is 15.6 Å². The predicted molar refractivity (Wildman–Crippen MR) is 107 cm³/mol. The van der Waals surface area contributed by atoms with Crippen LogP contribution in [0.4, 0.5) is 10.1 Å². The Bertz CT molecular complexity index is 779. The summed E-state index contributed by atoms with van der Waals surface area (Å²) < 4.78 is 18.5. The van der Waals surface area contributed by atoms with Crippen molar-refractivity contribution in [2.75, 3.05) is 38.6 Å². The van der Waals surface area contributed by atoms with Crippen LogP contribution in [0, 0.1) is 5.82 Å². The Hall–Kier alpha value is -3.29. The maximum absolute atomic E-state index is 12.9. The number of aliphatic imine (C=N–C) groups is 1. The molecule has 0 spiro atoms. The predicted octanol–water partition coefficient (Wildman–Crippen LogP) is 2.45. The number of carbonyl (C=O) groups excluding carboxylic acids is 1. The number of nitrogens with zero attached hydrogens (tertiary/aromatic N) is 2. The number of anilines is 1. The van der Waals surface area contributed by atoms with Crippen molar-refractivity contribution in [3.63, 3.8) is 0 Å². The van der Waals surface area contributed by atoms with Gasteiger partial charge in [-0.15, -0.1) is 0 Å². The SMILES string of the molecule is CCNC(=NCC(=O)Nc1ccc(O)cc1)N(C)CCOc1ccc(F)cc1. The molecule has 3 N–H and O–H groups in total. The minimum atomic E-state index is -0.309. The Morgan fingerprint density at radius 2 is 1.86 bits per heavy atom. The number of benzene rings is 2. The molecule has 7 nitrogen and oxygen atoms in total. The molecule has 0 saturated carbocycles. The lowest BCUT2D eigenvalue weighted by Gasteiger charge is -2.22. The molecule has 150 valence electrons. The summed E-state index contributed by atoms with van der Waals surface area (Å²) in [6, 6.07) is 12.1. The Morgan fingerprint density at radius 3 is 2.50 bits per heavy atom. The van der Waals surface area contributed by atoms with Crippen LogP contribution in [-0.2, 0) is 4.79 Å². The molecule has 0 aromatic heterocycles. The monoisotopic (exact) mass is 388 g/mol. The molecule has 0 aliphatic carbocycles. The van der Waals surface area contributed by atoms with E-state index in [1.54, 1.807) is 24.3 Å². The van der Waals surface area contributed by atoms with Crippen LogP contribution in [0.25, 0.3) is 0 Å². The molecule has 2 rings (SSSR count). The number of hydrogen-bond acceptors (Lipinski definition) is 4. The number of likely N-dealkylation sites (N-methyl/N-ethyl adjacent to an activating group) is 1. The van der Waals surface area contributed by atoms with E-state index < -0.39 is 0 Å². The standard InChI is InChI=1S/C20H25FN4O3/c1-3-22-20(23-14-19(27)24-16-6-8-17(26)9-7-16)25(2)12-13-28-18-10-4-15(21)5-11-18/h4-11,26H,3,12-14H2,1-2H3,(H,22,23)(H,24,27). The highest BCUT2D eigenvalue weighted by Crippen LogP contribution is 2.13. The van der Waals surface area contributed by atoms with Crippen molar-refractivity contribution < 1.29 is 19.0 Å². The number of phenols is 1. The van der Waals surface area contributed by atoms with E-state index in [1.165, 1.54) is 24.3 Å². The van der Waals surface area contributed by atoms with Crippen LogP contribution in [0.15, 0.2) is 53.5 Å². The first kappa shape index (κ1) is 21.0. The molecule has 0 heterocycles. The molecule has 0 fully saturated rings. The smallest absolute Gasteiger partial charge is 0.246 e. The van der Waals surface area contributed by atoms with Crippen LogP contribution in [0.1, 0.15) is 6.92 Å². The van der Waals surface area contributed by atoms with Crippen molar-refractivity contribution in [3.8, 4) is 11.5 Å². The molecule has 0 atom stereocenters. The molecule has 0 radical (unpaired) electrons. The Labute approximate surface area is 163 Å². The number of halogens is 1. The molecule has 0 aliphatic heterocycles. The number of rotatable bonds is 8. The lowest BCUT2D eigenvalue weighted by Crippen LogP contribution is -2.41. The minimum Gasteiger partial charge on any atom is -0.508 e. The summed E-state index contributed by atoms with van der Waals surface area (Å²) >= 11 is 0. The zero-order valence-electron chi connectivity index (χ0n) is 16.0. The van der Waals surface area contributed by atoms with Gasteiger partial charge in [-0.25, -0.2) is 9.38 Å². The first-order chi connectivity index (χ1) is 13.5. The van der Waals surface area contributed by atoms with Crippen LogP contribution in [0.5, 0.6) is 11.5 Å². The zero-order chi connectivity index (χ0) is 20.4. The van der Waals surface area contributed by atoms with E-state index in [1.807, 2.05) is 18.9 Å².